The van der Waals surface area contributed by atoms with Crippen LogP contribution in [0.3, 0.4) is 0 Å². The van der Waals surface area contributed by atoms with Crippen molar-refractivity contribution in [2.24, 2.45) is 0 Å². The number of aromatic amines is 1. The minimum Gasteiger partial charge on any atom is -0.329 e. The van der Waals surface area contributed by atoms with Crippen LogP contribution in [0.15, 0.2) is 24.3 Å². The van der Waals surface area contributed by atoms with Crippen LogP contribution in [0.4, 0.5) is 0 Å². The zero-order valence-corrected chi connectivity index (χ0v) is 12.3. The zero-order chi connectivity index (χ0) is 14.4. The lowest BCUT2D eigenvalue weighted by molar-refractivity contribution is 0.0787. The summed E-state index contributed by atoms with van der Waals surface area (Å²) in [5.41, 5.74) is 4.98. The van der Waals surface area contributed by atoms with Crippen molar-refractivity contribution in [2.45, 2.75) is 32.7 Å². The van der Waals surface area contributed by atoms with Crippen LogP contribution >= 0.6 is 0 Å². The highest BCUT2D eigenvalue weighted by Gasteiger charge is 2.39. The molecular weight excluding hydrogens is 250 g/mol. The average molecular weight is 269 g/mol. The van der Waals surface area contributed by atoms with E-state index in [0.717, 1.165) is 16.8 Å². The van der Waals surface area contributed by atoms with Crippen molar-refractivity contribution >= 4 is 5.91 Å². The molecule has 3 rings (SSSR count). The van der Waals surface area contributed by atoms with Gasteiger partial charge in [-0.1, -0.05) is 38.1 Å². The normalized spacial score (nSPS) is 17.9. The fourth-order valence-corrected chi connectivity index (χ4v) is 2.87. The van der Waals surface area contributed by atoms with E-state index >= 15 is 0 Å². The zero-order valence-electron chi connectivity index (χ0n) is 12.3. The van der Waals surface area contributed by atoms with E-state index in [1.54, 1.807) is 4.90 Å². The Balaban J connectivity index is 2.05. The van der Waals surface area contributed by atoms with E-state index in [2.05, 4.69) is 48.3 Å². The molecule has 4 nitrogen and oxygen atoms in total. The van der Waals surface area contributed by atoms with Gasteiger partial charge in [0.1, 0.15) is 0 Å². The van der Waals surface area contributed by atoms with Gasteiger partial charge >= 0.3 is 0 Å². The number of carbonyl (C=O) groups excluding carboxylic acids is 1. The largest absolute Gasteiger partial charge is 0.329 e. The van der Waals surface area contributed by atoms with Crippen LogP contribution in [0, 0.1) is 6.92 Å². The summed E-state index contributed by atoms with van der Waals surface area (Å²) >= 11 is 0. The standard InChI is InChI=1S/C16H19N3O/c1-9(2)11-5-7-12(8-6-11)15-13-10(3)17-18-14(13)16(20)19(15)4/h5-9,15H,1-4H3,(H,17,18). The third kappa shape index (κ3) is 1.75. The van der Waals surface area contributed by atoms with E-state index in [4.69, 9.17) is 0 Å². The molecule has 0 radical (unpaired) electrons. The Morgan fingerprint density at radius 1 is 1.25 bits per heavy atom. The minimum atomic E-state index is -0.0301. The molecule has 1 aliphatic rings. The van der Waals surface area contributed by atoms with Crippen molar-refractivity contribution < 1.29 is 4.79 Å². The minimum absolute atomic E-state index is 0.0118. The Kier molecular flexibility index (Phi) is 2.89. The van der Waals surface area contributed by atoms with Gasteiger partial charge in [-0.15, -0.1) is 0 Å². The fourth-order valence-electron chi connectivity index (χ4n) is 2.87. The molecule has 0 spiro atoms. The summed E-state index contributed by atoms with van der Waals surface area (Å²) in [5.74, 6) is 0.500. The first-order chi connectivity index (χ1) is 9.50. The van der Waals surface area contributed by atoms with Gasteiger partial charge in [0.05, 0.1) is 6.04 Å². The SMILES string of the molecule is Cc1[nH]nc2c1C(c1ccc(C(C)C)cc1)N(C)C2=O. The Labute approximate surface area is 118 Å². The van der Waals surface area contributed by atoms with Gasteiger partial charge in [0.15, 0.2) is 5.69 Å². The van der Waals surface area contributed by atoms with Crippen molar-refractivity contribution in [1.82, 2.24) is 15.1 Å². The van der Waals surface area contributed by atoms with Crippen LogP contribution in [0.5, 0.6) is 0 Å². The van der Waals surface area contributed by atoms with Crippen LogP contribution in [0.25, 0.3) is 0 Å². The summed E-state index contributed by atoms with van der Waals surface area (Å²) in [6.45, 7) is 6.32. The van der Waals surface area contributed by atoms with Crippen LogP contribution in [-0.4, -0.2) is 28.1 Å². The number of fused-ring (bicyclic) bond motifs is 1. The van der Waals surface area contributed by atoms with E-state index in [1.165, 1.54) is 5.56 Å². The average Bonchev–Trinajstić information content (AvgIpc) is 2.91. The molecule has 20 heavy (non-hydrogen) atoms. The predicted molar refractivity (Wildman–Crippen MR) is 77.8 cm³/mol. The molecule has 1 unspecified atom stereocenters. The van der Waals surface area contributed by atoms with Gasteiger partial charge in [-0.3, -0.25) is 9.89 Å². The topological polar surface area (TPSA) is 49.0 Å². The van der Waals surface area contributed by atoms with Crippen LogP contribution in [-0.2, 0) is 0 Å². The molecule has 0 saturated carbocycles. The second-order valence-electron chi connectivity index (χ2n) is 5.75. The van der Waals surface area contributed by atoms with Crippen LogP contribution in [0.2, 0.25) is 0 Å². The molecule has 1 N–H and O–H groups in total. The summed E-state index contributed by atoms with van der Waals surface area (Å²) < 4.78 is 0. The van der Waals surface area contributed by atoms with Gasteiger partial charge in [0.25, 0.3) is 5.91 Å². The van der Waals surface area contributed by atoms with E-state index in [0.29, 0.717) is 11.6 Å². The highest BCUT2D eigenvalue weighted by molar-refractivity contribution is 5.98. The van der Waals surface area contributed by atoms with Gasteiger partial charge in [0, 0.05) is 18.3 Å². The molecule has 0 aliphatic carbocycles. The van der Waals surface area contributed by atoms with E-state index in [9.17, 15) is 4.79 Å². The van der Waals surface area contributed by atoms with Crippen LogP contribution < -0.4 is 0 Å². The highest BCUT2D eigenvalue weighted by atomic mass is 16.2. The monoisotopic (exact) mass is 269 g/mol. The lowest BCUT2D eigenvalue weighted by Crippen LogP contribution is -2.24. The van der Waals surface area contributed by atoms with Crippen LogP contribution in [0.1, 0.15) is 58.7 Å². The Morgan fingerprint density at radius 3 is 2.50 bits per heavy atom. The van der Waals surface area contributed by atoms with Gasteiger partial charge in [-0.25, -0.2) is 0 Å². The Bertz CT molecular complexity index is 655. The van der Waals surface area contributed by atoms with E-state index in [-0.39, 0.29) is 11.9 Å². The second kappa shape index (κ2) is 4.47. The second-order valence-corrected chi connectivity index (χ2v) is 5.75. The predicted octanol–water partition coefficient (Wildman–Crippen LogP) is 3.02. The number of aryl methyl sites for hydroxylation is 1. The molecule has 0 bridgehead atoms. The quantitative estimate of drug-likeness (QED) is 0.911. The summed E-state index contributed by atoms with van der Waals surface area (Å²) in [7, 11) is 1.84. The number of nitrogens with zero attached hydrogens (tertiary/aromatic N) is 2. The number of hydrogen-bond acceptors (Lipinski definition) is 2. The summed E-state index contributed by atoms with van der Waals surface area (Å²) in [6.07, 6.45) is 0. The number of aromatic nitrogens is 2. The third-order valence-corrected chi connectivity index (χ3v) is 4.10. The van der Waals surface area contributed by atoms with Crippen molar-refractivity contribution in [3.8, 4) is 0 Å². The third-order valence-electron chi connectivity index (χ3n) is 4.10. The van der Waals surface area contributed by atoms with Gasteiger partial charge in [0.2, 0.25) is 0 Å². The van der Waals surface area contributed by atoms with Gasteiger partial charge in [-0.2, -0.15) is 5.10 Å². The molecule has 1 aromatic heterocycles. The number of rotatable bonds is 2. The summed E-state index contributed by atoms with van der Waals surface area (Å²) in [6, 6.07) is 8.49. The van der Waals surface area contributed by atoms with Crippen molar-refractivity contribution in [3.63, 3.8) is 0 Å². The maximum absolute atomic E-state index is 12.2. The molecule has 104 valence electrons. The Morgan fingerprint density at radius 2 is 1.90 bits per heavy atom. The number of hydrogen-bond donors (Lipinski definition) is 1. The van der Waals surface area contributed by atoms with Crippen molar-refractivity contribution in [3.05, 3.63) is 52.3 Å². The molecule has 1 aromatic carbocycles. The molecule has 2 heterocycles. The molecule has 2 aromatic rings. The lowest BCUT2D eigenvalue weighted by Gasteiger charge is -2.22. The smallest absolute Gasteiger partial charge is 0.275 e. The maximum Gasteiger partial charge on any atom is 0.275 e. The molecule has 4 heteroatoms. The van der Waals surface area contributed by atoms with Gasteiger partial charge < -0.3 is 4.90 Å². The first-order valence-corrected chi connectivity index (χ1v) is 6.92. The highest BCUT2D eigenvalue weighted by Crippen LogP contribution is 2.38. The summed E-state index contributed by atoms with van der Waals surface area (Å²) in [4.78, 5) is 14.0. The number of benzene rings is 1. The molecular formula is C16H19N3O. The number of H-pyrrole nitrogens is 1. The first kappa shape index (κ1) is 12.9. The molecule has 1 atom stereocenters. The molecule has 0 fully saturated rings. The maximum atomic E-state index is 12.2. The first-order valence-electron chi connectivity index (χ1n) is 6.92. The van der Waals surface area contributed by atoms with Gasteiger partial charge in [-0.05, 0) is 24.0 Å². The fraction of sp³-hybridized carbons (Fsp3) is 0.375. The van der Waals surface area contributed by atoms with Crippen molar-refractivity contribution in [1.29, 1.82) is 0 Å². The lowest BCUT2D eigenvalue weighted by atomic mass is 9.96. The summed E-state index contributed by atoms with van der Waals surface area (Å²) in [5, 5.41) is 7.05. The number of carbonyl (C=O) groups is 1. The number of amides is 1. The Hall–Kier alpha value is -2.10. The molecule has 1 amide bonds. The van der Waals surface area contributed by atoms with E-state index < -0.39 is 0 Å². The number of nitrogens with one attached hydrogen (secondary N) is 1. The van der Waals surface area contributed by atoms with E-state index in [1.807, 2.05) is 14.0 Å². The molecule has 1 aliphatic heterocycles. The van der Waals surface area contributed by atoms with Crippen molar-refractivity contribution in [2.75, 3.05) is 7.05 Å². The molecule has 0 saturated heterocycles.